The van der Waals surface area contributed by atoms with Crippen LogP contribution in [-0.2, 0) is 19.4 Å². The molecule has 2 rings (SSSR count). The minimum atomic E-state index is 0.0737. The van der Waals surface area contributed by atoms with Crippen LogP contribution in [-0.4, -0.2) is 25.5 Å². The van der Waals surface area contributed by atoms with Crippen LogP contribution in [0, 0.1) is 0 Å². The van der Waals surface area contributed by atoms with Crippen molar-refractivity contribution >= 4 is 5.78 Å². The van der Waals surface area contributed by atoms with Gasteiger partial charge in [-0.15, -0.1) is 0 Å². The molecule has 0 bridgehead atoms. The van der Waals surface area contributed by atoms with E-state index in [9.17, 15) is 4.79 Å². The fourth-order valence-corrected chi connectivity index (χ4v) is 2.04. The molecule has 0 aromatic carbocycles. The zero-order chi connectivity index (χ0) is 13.7. The number of rotatable bonds is 6. The molecule has 5 nitrogen and oxygen atoms in total. The van der Waals surface area contributed by atoms with Crippen molar-refractivity contribution in [2.75, 3.05) is 0 Å². The second-order valence-electron chi connectivity index (χ2n) is 4.39. The van der Waals surface area contributed by atoms with Crippen LogP contribution in [0.15, 0.2) is 24.8 Å². The maximum atomic E-state index is 12.3. The van der Waals surface area contributed by atoms with E-state index < -0.39 is 0 Å². The predicted molar refractivity (Wildman–Crippen MR) is 72.0 cm³/mol. The van der Waals surface area contributed by atoms with E-state index in [-0.39, 0.29) is 12.2 Å². The van der Waals surface area contributed by atoms with Gasteiger partial charge in [-0.25, -0.2) is 9.67 Å². The average molecular weight is 258 g/mol. The first-order valence-corrected chi connectivity index (χ1v) is 6.59. The first-order chi connectivity index (χ1) is 9.26. The monoisotopic (exact) mass is 258 g/mol. The molecule has 0 unspecified atom stereocenters. The summed E-state index contributed by atoms with van der Waals surface area (Å²) in [4.78, 5) is 20.6. The van der Waals surface area contributed by atoms with Gasteiger partial charge in [-0.05, 0) is 24.5 Å². The summed E-state index contributed by atoms with van der Waals surface area (Å²) in [5.41, 5.74) is 1.72. The van der Waals surface area contributed by atoms with Gasteiger partial charge in [-0.2, -0.15) is 5.10 Å². The standard InChI is InChI=1S/C14H18N4O/c1-3-7-18-14(16-10-17-18)8-13(19)12-5-6-15-9-11(12)4-2/h5-6,9-10H,3-4,7-8H2,1-2H3. The summed E-state index contributed by atoms with van der Waals surface area (Å²) in [5, 5.41) is 4.14. The summed E-state index contributed by atoms with van der Waals surface area (Å²) in [6.45, 7) is 4.89. The third-order valence-corrected chi connectivity index (χ3v) is 3.03. The minimum Gasteiger partial charge on any atom is -0.294 e. The van der Waals surface area contributed by atoms with Crippen LogP contribution < -0.4 is 0 Å². The van der Waals surface area contributed by atoms with Crippen molar-refractivity contribution in [1.29, 1.82) is 0 Å². The highest BCUT2D eigenvalue weighted by atomic mass is 16.1. The number of hydrogen-bond acceptors (Lipinski definition) is 4. The molecule has 2 heterocycles. The number of carbonyl (C=O) groups is 1. The van der Waals surface area contributed by atoms with Crippen LogP contribution in [0.3, 0.4) is 0 Å². The molecule has 0 spiro atoms. The summed E-state index contributed by atoms with van der Waals surface area (Å²) in [5.74, 6) is 0.801. The number of hydrogen-bond donors (Lipinski definition) is 0. The van der Waals surface area contributed by atoms with Crippen LogP contribution in [0.25, 0.3) is 0 Å². The highest BCUT2D eigenvalue weighted by molar-refractivity contribution is 5.98. The van der Waals surface area contributed by atoms with Gasteiger partial charge in [0.05, 0.1) is 6.42 Å². The largest absolute Gasteiger partial charge is 0.294 e. The lowest BCUT2D eigenvalue weighted by Gasteiger charge is -2.07. The van der Waals surface area contributed by atoms with E-state index in [2.05, 4.69) is 22.0 Å². The number of Topliss-reactive ketones (excluding diaryl/α,β-unsaturated/α-hetero) is 1. The Labute approximate surface area is 112 Å². The zero-order valence-corrected chi connectivity index (χ0v) is 11.3. The molecule has 0 aliphatic rings. The van der Waals surface area contributed by atoms with Crippen molar-refractivity contribution in [2.45, 2.75) is 39.7 Å². The number of ketones is 1. The van der Waals surface area contributed by atoms with E-state index >= 15 is 0 Å². The lowest BCUT2D eigenvalue weighted by atomic mass is 10.0. The number of pyridine rings is 1. The van der Waals surface area contributed by atoms with Crippen molar-refractivity contribution < 1.29 is 4.79 Å². The Morgan fingerprint density at radius 3 is 2.95 bits per heavy atom. The Bertz CT molecular complexity index is 562. The molecule has 5 heteroatoms. The third kappa shape index (κ3) is 3.05. The average Bonchev–Trinajstić information content (AvgIpc) is 2.86. The van der Waals surface area contributed by atoms with Gasteiger partial charge in [-0.3, -0.25) is 9.78 Å². The van der Waals surface area contributed by atoms with E-state index in [1.165, 1.54) is 6.33 Å². The normalized spacial score (nSPS) is 10.6. The second kappa shape index (κ2) is 6.22. The quantitative estimate of drug-likeness (QED) is 0.744. The van der Waals surface area contributed by atoms with Crippen molar-refractivity contribution in [3.05, 3.63) is 41.7 Å². The first kappa shape index (κ1) is 13.4. The summed E-state index contributed by atoms with van der Waals surface area (Å²) in [7, 11) is 0. The Morgan fingerprint density at radius 1 is 1.37 bits per heavy atom. The van der Waals surface area contributed by atoms with Crippen LogP contribution in [0.1, 0.15) is 42.0 Å². The van der Waals surface area contributed by atoms with Gasteiger partial charge in [0.25, 0.3) is 0 Å². The molecule has 2 aromatic heterocycles. The summed E-state index contributed by atoms with van der Waals surface area (Å²) < 4.78 is 1.80. The Hall–Kier alpha value is -2.04. The van der Waals surface area contributed by atoms with Crippen LogP contribution in [0.5, 0.6) is 0 Å². The Balaban J connectivity index is 2.18. The maximum Gasteiger partial charge on any atom is 0.170 e. The number of aromatic nitrogens is 4. The lowest BCUT2D eigenvalue weighted by molar-refractivity contribution is 0.0988. The Morgan fingerprint density at radius 2 is 2.21 bits per heavy atom. The minimum absolute atomic E-state index is 0.0737. The van der Waals surface area contributed by atoms with E-state index in [4.69, 9.17) is 0 Å². The van der Waals surface area contributed by atoms with E-state index in [1.54, 1.807) is 23.1 Å². The number of carbonyl (C=O) groups excluding carboxylic acids is 1. The van der Waals surface area contributed by atoms with Gasteiger partial charge in [0.15, 0.2) is 5.78 Å². The van der Waals surface area contributed by atoms with Gasteiger partial charge in [0.1, 0.15) is 12.2 Å². The van der Waals surface area contributed by atoms with Gasteiger partial charge < -0.3 is 0 Å². The van der Waals surface area contributed by atoms with E-state index in [1.807, 2.05) is 6.92 Å². The molecule has 0 atom stereocenters. The summed E-state index contributed by atoms with van der Waals surface area (Å²) in [6, 6.07) is 1.78. The fourth-order valence-electron chi connectivity index (χ4n) is 2.04. The van der Waals surface area contributed by atoms with Crippen molar-refractivity contribution in [3.8, 4) is 0 Å². The van der Waals surface area contributed by atoms with Crippen LogP contribution in [0.2, 0.25) is 0 Å². The highest BCUT2D eigenvalue weighted by Gasteiger charge is 2.14. The smallest absolute Gasteiger partial charge is 0.170 e. The molecule has 0 aliphatic carbocycles. The predicted octanol–water partition coefficient (Wildman–Crippen LogP) is 2.07. The molecule has 0 N–H and O–H groups in total. The molecular weight excluding hydrogens is 240 g/mol. The molecule has 0 saturated carbocycles. The summed E-state index contributed by atoms with van der Waals surface area (Å²) >= 11 is 0. The maximum absolute atomic E-state index is 12.3. The van der Waals surface area contributed by atoms with E-state index in [0.717, 1.165) is 36.3 Å². The molecule has 0 saturated heterocycles. The van der Waals surface area contributed by atoms with Gasteiger partial charge >= 0.3 is 0 Å². The lowest BCUT2D eigenvalue weighted by Crippen LogP contribution is -2.13. The highest BCUT2D eigenvalue weighted by Crippen LogP contribution is 2.11. The Kier molecular flexibility index (Phi) is 4.39. The van der Waals surface area contributed by atoms with Gasteiger partial charge in [0, 0.05) is 24.5 Å². The van der Waals surface area contributed by atoms with Gasteiger partial charge in [0.2, 0.25) is 0 Å². The first-order valence-electron chi connectivity index (χ1n) is 6.59. The fraction of sp³-hybridized carbons (Fsp3) is 0.429. The third-order valence-electron chi connectivity index (χ3n) is 3.03. The topological polar surface area (TPSA) is 60.7 Å². The molecule has 0 fully saturated rings. The molecule has 0 amide bonds. The summed E-state index contributed by atoms with van der Waals surface area (Å²) in [6.07, 6.45) is 6.98. The molecule has 2 aromatic rings. The van der Waals surface area contributed by atoms with Crippen LogP contribution in [0.4, 0.5) is 0 Å². The molecular formula is C14H18N4O. The molecule has 0 radical (unpaired) electrons. The van der Waals surface area contributed by atoms with Crippen molar-refractivity contribution in [2.24, 2.45) is 0 Å². The molecule has 100 valence electrons. The second-order valence-corrected chi connectivity index (χ2v) is 4.39. The van der Waals surface area contributed by atoms with E-state index in [0.29, 0.717) is 0 Å². The zero-order valence-electron chi connectivity index (χ0n) is 11.3. The van der Waals surface area contributed by atoms with Crippen molar-refractivity contribution in [1.82, 2.24) is 19.7 Å². The van der Waals surface area contributed by atoms with Crippen molar-refractivity contribution in [3.63, 3.8) is 0 Å². The van der Waals surface area contributed by atoms with Crippen LogP contribution >= 0.6 is 0 Å². The molecule has 0 aliphatic heterocycles. The SMILES string of the molecule is CCCn1ncnc1CC(=O)c1ccncc1CC. The van der Waals surface area contributed by atoms with Gasteiger partial charge in [-0.1, -0.05) is 13.8 Å². The molecule has 19 heavy (non-hydrogen) atoms. The number of nitrogens with zero attached hydrogens (tertiary/aromatic N) is 4. The number of aryl methyl sites for hydroxylation is 2.